The molecule has 1 saturated carbocycles. The molecule has 5 heteroatoms. The van der Waals surface area contributed by atoms with Crippen molar-refractivity contribution in [3.05, 3.63) is 70.2 Å². The van der Waals surface area contributed by atoms with Crippen molar-refractivity contribution in [1.29, 1.82) is 0 Å². The predicted molar refractivity (Wildman–Crippen MR) is 113 cm³/mol. The zero-order valence-corrected chi connectivity index (χ0v) is 16.1. The molecule has 0 bridgehead atoms. The van der Waals surface area contributed by atoms with E-state index in [9.17, 15) is 0 Å². The van der Waals surface area contributed by atoms with Crippen LogP contribution < -0.4 is 0 Å². The van der Waals surface area contributed by atoms with Gasteiger partial charge >= 0.3 is 0 Å². The van der Waals surface area contributed by atoms with Crippen molar-refractivity contribution in [2.75, 3.05) is 0 Å². The maximum atomic E-state index is 3.89. The highest BCUT2D eigenvalue weighted by Gasteiger charge is 2.41. The minimum absolute atomic E-state index is 0.0237. The molecule has 1 aromatic carbocycles. The van der Waals surface area contributed by atoms with E-state index in [1.165, 1.54) is 37.2 Å². The lowest BCUT2D eigenvalue weighted by Gasteiger charge is -2.42. The Morgan fingerprint density at radius 3 is 2.00 bits per heavy atom. The molecular weight excluding hydrogens is 352 g/mol. The lowest BCUT2D eigenvalue weighted by molar-refractivity contribution is 0.842. The molecule has 1 fully saturated rings. The van der Waals surface area contributed by atoms with Gasteiger partial charge in [0.25, 0.3) is 0 Å². The van der Waals surface area contributed by atoms with Crippen molar-refractivity contribution in [2.24, 2.45) is 0 Å². The molecule has 1 aromatic heterocycles. The first-order valence-electron chi connectivity index (χ1n) is 8.32. The van der Waals surface area contributed by atoms with E-state index >= 15 is 0 Å². The summed E-state index contributed by atoms with van der Waals surface area (Å²) in [6, 6.07) is 7.92. The highest BCUT2D eigenvalue weighted by molar-refractivity contribution is 8.39. The van der Waals surface area contributed by atoms with Gasteiger partial charge in [0.1, 0.15) is 5.52 Å². The van der Waals surface area contributed by atoms with Crippen molar-refractivity contribution in [3.63, 3.8) is 0 Å². The summed E-state index contributed by atoms with van der Waals surface area (Å²) in [4.78, 5) is 0. The van der Waals surface area contributed by atoms with E-state index in [-0.39, 0.29) is 21.8 Å². The lowest BCUT2D eigenvalue weighted by Crippen LogP contribution is -2.20. The van der Waals surface area contributed by atoms with E-state index in [1.54, 1.807) is 0 Å². The van der Waals surface area contributed by atoms with Crippen LogP contribution in [0.1, 0.15) is 25.7 Å². The number of thiol groups is 2. The second-order valence-electron chi connectivity index (χ2n) is 6.11. The van der Waals surface area contributed by atoms with Crippen LogP contribution >= 0.6 is 33.3 Å². The van der Waals surface area contributed by atoms with Crippen LogP contribution in [0.15, 0.2) is 70.2 Å². The minimum Gasteiger partial charge on any atom is -0.199 e. The highest BCUT2D eigenvalue weighted by atomic mass is 32.3. The number of rotatable bonds is 2. The molecule has 0 radical (unpaired) electrons. The summed E-state index contributed by atoms with van der Waals surface area (Å²) in [5, 5.41) is 13.8. The normalized spacial score (nSPS) is 23.2. The Balaban J connectivity index is 0.000000138. The Labute approximate surface area is 152 Å². The first kappa shape index (κ1) is 16.2. The summed E-state index contributed by atoms with van der Waals surface area (Å²) in [7, 11) is 0.0473. The average molecular weight is 375 g/mol. The van der Waals surface area contributed by atoms with Crippen LogP contribution in [-0.4, -0.2) is 13.7 Å². The Morgan fingerprint density at radius 2 is 1.42 bits per heavy atom. The second kappa shape index (κ2) is 7.30. The van der Waals surface area contributed by atoms with E-state index in [4.69, 9.17) is 0 Å². The number of nitrogens with zero attached hydrogens (tertiary/aromatic N) is 2. The number of hydrogen-bond donors (Lipinski definition) is 2. The minimum atomic E-state index is 0.0237. The summed E-state index contributed by atoms with van der Waals surface area (Å²) < 4.78 is 5.58. The van der Waals surface area contributed by atoms with Gasteiger partial charge in [-0.15, -0.1) is 5.10 Å². The summed E-state index contributed by atoms with van der Waals surface area (Å²) in [6.07, 6.45) is 14.8. The summed E-state index contributed by atoms with van der Waals surface area (Å²) >= 11 is 1.43. The maximum absolute atomic E-state index is 3.89. The fourth-order valence-electron chi connectivity index (χ4n) is 3.54. The Kier molecular flexibility index (Phi) is 4.92. The molecule has 0 saturated heterocycles. The molecule has 5 rings (SSSR count). The third-order valence-corrected chi connectivity index (χ3v) is 11.6. The molecule has 1 aliphatic carbocycles. The van der Waals surface area contributed by atoms with Crippen LogP contribution in [-0.2, 0) is 0 Å². The molecular formula is C19H22N2S3. The quantitative estimate of drug-likeness (QED) is 0.627. The molecule has 2 nitrogen and oxygen atoms in total. The largest absolute Gasteiger partial charge is 0.199 e. The third-order valence-electron chi connectivity index (χ3n) is 4.73. The molecule has 0 atom stereocenters. The standard InChI is InChI=1S/C13H18S2.C6H4N2S/c1-2-8-13(7-1,14-9-3-4-10-14)15-11-5-6-12-15;1-2-4-6-5(3-1)7-8-9-6/h3-6,9-12,14-15H,1-2,7-8H2;1-4H. The SMILES string of the molecule is C1=C[SH](C2([SH]3C=CC=C3)CCCC2)C=C1.c1ccc2snnc2c1. The molecule has 3 heterocycles. The van der Waals surface area contributed by atoms with Gasteiger partial charge in [-0.1, -0.05) is 53.8 Å². The number of fused-ring (bicyclic) bond motifs is 1. The number of allylic oxidation sites excluding steroid dienone is 4. The average Bonchev–Trinajstić information content (AvgIpc) is 3.44. The maximum Gasteiger partial charge on any atom is 0.105 e. The number of hydrogen-bond acceptors (Lipinski definition) is 3. The van der Waals surface area contributed by atoms with Gasteiger partial charge in [0, 0.05) is 4.08 Å². The van der Waals surface area contributed by atoms with Crippen molar-refractivity contribution in [3.8, 4) is 0 Å². The smallest absolute Gasteiger partial charge is 0.105 e. The van der Waals surface area contributed by atoms with Gasteiger partial charge in [0.2, 0.25) is 0 Å². The van der Waals surface area contributed by atoms with E-state index in [2.05, 4.69) is 55.5 Å². The van der Waals surface area contributed by atoms with Gasteiger partial charge in [0.05, 0.1) is 4.70 Å². The number of benzene rings is 1. The van der Waals surface area contributed by atoms with Crippen LogP contribution in [0, 0.1) is 0 Å². The van der Waals surface area contributed by atoms with Gasteiger partial charge < -0.3 is 0 Å². The number of aromatic nitrogens is 2. The molecule has 126 valence electrons. The molecule has 0 unspecified atom stereocenters. The molecule has 0 N–H and O–H groups in total. The Bertz CT molecular complexity index is 729. The molecule has 2 aliphatic heterocycles. The lowest BCUT2D eigenvalue weighted by atomic mass is 10.3. The van der Waals surface area contributed by atoms with E-state index < -0.39 is 0 Å². The van der Waals surface area contributed by atoms with Gasteiger partial charge in [-0.3, -0.25) is 0 Å². The topological polar surface area (TPSA) is 25.8 Å². The van der Waals surface area contributed by atoms with Crippen molar-refractivity contribution >= 4 is 43.5 Å². The van der Waals surface area contributed by atoms with Crippen LogP contribution in [0.25, 0.3) is 10.2 Å². The van der Waals surface area contributed by atoms with Crippen LogP contribution in [0.4, 0.5) is 0 Å². The molecule has 0 spiro atoms. The molecule has 0 amide bonds. The summed E-state index contributed by atoms with van der Waals surface area (Å²) in [5.41, 5.74) is 0.988. The van der Waals surface area contributed by atoms with Crippen LogP contribution in [0.5, 0.6) is 0 Å². The highest BCUT2D eigenvalue weighted by Crippen LogP contribution is 2.68. The Hall–Kier alpha value is -1.30. The fraction of sp³-hybridized carbons (Fsp3) is 0.263. The van der Waals surface area contributed by atoms with Crippen LogP contribution in [0.2, 0.25) is 0 Å². The summed E-state index contributed by atoms with van der Waals surface area (Å²) in [6.45, 7) is 0. The Morgan fingerprint density at radius 1 is 0.833 bits per heavy atom. The van der Waals surface area contributed by atoms with Gasteiger partial charge in [-0.25, -0.2) is 0 Å². The molecule has 2 aromatic rings. The molecule has 24 heavy (non-hydrogen) atoms. The van der Waals surface area contributed by atoms with Crippen LogP contribution in [0.3, 0.4) is 0 Å². The van der Waals surface area contributed by atoms with Crippen molar-refractivity contribution in [1.82, 2.24) is 9.59 Å². The third kappa shape index (κ3) is 3.13. The van der Waals surface area contributed by atoms with Crippen molar-refractivity contribution < 1.29 is 0 Å². The first-order chi connectivity index (χ1) is 11.9. The first-order valence-corrected chi connectivity index (χ1v) is 12.1. The monoisotopic (exact) mass is 374 g/mol. The second-order valence-corrected chi connectivity index (χ2v) is 11.8. The zero-order chi connectivity index (χ0) is 16.2. The van der Waals surface area contributed by atoms with Gasteiger partial charge in [-0.2, -0.15) is 21.8 Å². The van der Waals surface area contributed by atoms with Gasteiger partial charge in [-0.05, 0) is 58.1 Å². The van der Waals surface area contributed by atoms with E-state index in [1.807, 2.05) is 24.3 Å². The predicted octanol–water partition coefficient (Wildman–Crippen LogP) is 6.03. The summed E-state index contributed by atoms with van der Waals surface area (Å²) in [5.74, 6) is 0. The van der Waals surface area contributed by atoms with Crippen molar-refractivity contribution in [2.45, 2.75) is 29.8 Å². The zero-order valence-electron chi connectivity index (χ0n) is 13.5. The molecule has 3 aliphatic rings. The van der Waals surface area contributed by atoms with Gasteiger partial charge in [0.15, 0.2) is 0 Å². The van der Waals surface area contributed by atoms with E-state index in [0.717, 1.165) is 10.2 Å². The van der Waals surface area contributed by atoms with E-state index in [0.29, 0.717) is 4.08 Å². The fourth-order valence-corrected chi connectivity index (χ4v) is 10.1.